The maximum atomic E-state index is 12.3. The van der Waals surface area contributed by atoms with Crippen LogP contribution in [-0.2, 0) is 4.79 Å². The number of benzene rings is 1. The SMILES string of the molecule is CCCOc1ccccc1C=C1SC(N2CCC(C)CC2)=NC1=O. The van der Waals surface area contributed by atoms with Gasteiger partial charge in [0.15, 0.2) is 5.17 Å². The predicted octanol–water partition coefficient (Wildman–Crippen LogP) is 4.18. The van der Waals surface area contributed by atoms with Crippen molar-refractivity contribution in [2.24, 2.45) is 10.9 Å². The molecule has 24 heavy (non-hydrogen) atoms. The second-order valence-electron chi connectivity index (χ2n) is 6.37. The van der Waals surface area contributed by atoms with Crippen molar-refractivity contribution in [3.63, 3.8) is 0 Å². The first-order chi connectivity index (χ1) is 11.7. The second-order valence-corrected chi connectivity index (χ2v) is 7.38. The number of nitrogens with zero attached hydrogens (tertiary/aromatic N) is 2. The van der Waals surface area contributed by atoms with Crippen LogP contribution >= 0.6 is 11.8 Å². The third-order valence-electron chi connectivity index (χ3n) is 4.33. The Morgan fingerprint density at radius 2 is 2.08 bits per heavy atom. The minimum Gasteiger partial charge on any atom is -0.493 e. The minimum absolute atomic E-state index is 0.140. The molecule has 2 aliphatic heterocycles. The average molecular weight is 344 g/mol. The van der Waals surface area contributed by atoms with Crippen LogP contribution in [0.3, 0.4) is 0 Å². The number of para-hydroxylation sites is 1. The third kappa shape index (κ3) is 4.01. The number of amides is 1. The zero-order valence-corrected chi connectivity index (χ0v) is 15.1. The van der Waals surface area contributed by atoms with Gasteiger partial charge in [0.25, 0.3) is 5.91 Å². The van der Waals surface area contributed by atoms with Gasteiger partial charge in [0.2, 0.25) is 0 Å². The lowest BCUT2D eigenvalue weighted by atomic mass is 10.00. The average Bonchev–Trinajstić information content (AvgIpc) is 2.95. The fourth-order valence-electron chi connectivity index (χ4n) is 2.82. The fraction of sp³-hybridized carbons (Fsp3) is 0.474. The van der Waals surface area contributed by atoms with Gasteiger partial charge in [-0.15, -0.1) is 0 Å². The zero-order valence-electron chi connectivity index (χ0n) is 14.3. The molecule has 0 atom stereocenters. The first-order valence-electron chi connectivity index (χ1n) is 8.66. The molecule has 1 aromatic carbocycles. The summed E-state index contributed by atoms with van der Waals surface area (Å²) in [7, 11) is 0. The van der Waals surface area contributed by atoms with Gasteiger partial charge in [-0.1, -0.05) is 32.0 Å². The highest BCUT2D eigenvalue weighted by Gasteiger charge is 2.28. The maximum absolute atomic E-state index is 12.3. The molecule has 0 bridgehead atoms. The molecule has 128 valence electrons. The van der Waals surface area contributed by atoms with E-state index in [2.05, 4.69) is 23.7 Å². The number of carbonyl (C=O) groups excluding carboxylic acids is 1. The molecule has 4 nitrogen and oxygen atoms in total. The molecule has 0 aromatic heterocycles. The highest BCUT2D eigenvalue weighted by Crippen LogP contribution is 2.33. The van der Waals surface area contributed by atoms with Crippen LogP contribution in [0.4, 0.5) is 0 Å². The molecular formula is C19H24N2O2S. The Morgan fingerprint density at radius 1 is 1.33 bits per heavy atom. The molecule has 0 unspecified atom stereocenters. The van der Waals surface area contributed by atoms with Gasteiger partial charge in [-0.3, -0.25) is 4.79 Å². The van der Waals surface area contributed by atoms with Gasteiger partial charge in [-0.05, 0) is 49.1 Å². The van der Waals surface area contributed by atoms with E-state index in [4.69, 9.17) is 4.74 Å². The fourth-order valence-corrected chi connectivity index (χ4v) is 3.77. The van der Waals surface area contributed by atoms with Crippen LogP contribution in [0.25, 0.3) is 6.08 Å². The van der Waals surface area contributed by atoms with E-state index < -0.39 is 0 Å². The first-order valence-corrected chi connectivity index (χ1v) is 9.48. The number of ether oxygens (including phenoxy) is 1. The summed E-state index contributed by atoms with van der Waals surface area (Å²) in [6.07, 6.45) is 5.20. The standard InChI is InChI=1S/C19H24N2O2S/c1-3-12-23-16-7-5-4-6-15(16)13-17-18(22)20-19(24-17)21-10-8-14(2)9-11-21/h4-7,13-14H,3,8-12H2,1-2H3. The smallest absolute Gasteiger partial charge is 0.286 e. The topological polar surface area (TPSA) is 41.9 Å². The summed E-state index contributed by atoms with van der Waals surface area (Å²) in [5, 5.41) is 0.852. The van der Waals surface area contributed by atoms with E-state index in [1.165, 1.54) is 24.6 Å². The minimum atomic E-state index is -0.140. The van der Waals surface area contributed by atoms with Crippen molar-refractivity contribution in [3.8, 4) is 5.75 Å². The van der Waals surface area contributed by atoms with Crippen LogP contribution in [0.2, 0.25) is 0 Å². The Bertz CT molecular complexity index is 661. The van der Waals surface area contributed by atoms with Gasteiger partial charge in [0.1, 0.15) is 5.75 Å². The van der Waals surface area contributed by atoms with Crippen LogP contribution in [0, 0.1) is 5.92 Å². The number of hydrogen-bond acceptors (Lipinski definition) is 4. The molecule has 1 saturated heterocycles. The number of thioether (sulfide) groups is 1. The van der Waals surface area contributed by atoms with E-state index in [0.717, 1.165) is 41.9 Å². The van der Waals surface area contributed by atoms with Crippen molar-refractivity contribution < 1.29 is 9.53 Å². The summed E-state index contributed by atoms with van der Waals surface area (Å²) in [4.78, 5) is 19.5. The normalized spacial score (nSPS) is 20.6. The zero-order chi connectivity index (χ0) is 16.9. The van der Waals surface area contributed by atoms with E-state index >= 15 is 0 Å². The summed E-state index contributed by atoms with van der Waals surface area (Å²) in [5.41, 5.74) is 0.936. The molecule has 3 rings (SSSR count). The molecule has 1 amide bonds. The van der Waals surface area contributed by atoms with Gasteiger partial charge in [0, 0.05) is 18.7 Å². The maximum Gasteiger partial charge on any atom is 0.286 e. The van der Waals surface area contributed by atoms with Gasteiger partial charge < -0.3 is 9.64 Å². The Labute approximate surface area is 148 Å². The number of likely N-dealkylation sites (tertiary alicyclic amines) is 1. The number of rotatable bonds is 4. The highest BCUT2D eigenvalue weighted by atomic mass is 32.2. The summed E-state index contributed by atoms with van der Waals surface area (Å²) in [6, 6.07) is 7.84. The molecule has 5 heteroatoms. The second kappa shape index (κ2) is 7.88. The van der Waals surface area contributed by atoms with Crippen molar-refractivity contribution in [1.82, 2.24) is 4.90 Å². The van der Waals surface area contributed by atoms with Gasteiger partial charge in [-0.25, -0.2) is 0 Å². The molecule has 0 spiro atoms. The molecule has 0 radical (unpaired) electrons. The quantitative estimate of drug-likeness (QED) is 0.769. The monoisotopic (exact) mass is 344 g/mol. The number of aliphatic imine (C=N–C) groups is 1. The molecule has 2 heterocycles. The molecule has 1 fully saturated rings. The van der Waals surface area contributed by atoms with Crippen molar-refractivity contribution in [1.29, 1.82) is 0 Å². The van der Waals surface area contributed by atoms with E-state index in [1.54, 1.807) is 0 Å². The summed E-state index contributed by atoms with van der Waals surface area (Å²) in [6.45, 7) is 7.02. The lowest BCUT2D eigenvalue weighted by Gasteiger charge is -2.30. The van der Waals surface area contributed by atoms with E-state index in [-0.39, 0.29) is 5.91 Å². The highest BCUT2D eigenvalue weighted by molar-refractivity contribution is 8.18. The number of hydrogen-bond donors (Lipinski definition) is 0. The van der Waals surface area contributed by atoms with Gasteiger partial charge in [0.05, 0.1) is 11.5 Å². The van der Waals surface area contributed by atoms with E-state index in [1.807, 2.05) is 30.3 Å². The first kappa shape index (κ1) is 17.1. The molecule has 0 aliphatic carbocycles. The summed E-state index contributed by atoms with van der Waals surface area (Å²) < 4.78 is 5.77. The van der Waals surface area contributed by atoms with Crippen molar-refractivity contribution >= 4 is 28.9 Å². The molecular weight excluding hydrogens is 320 g/mol. The lowest BCUT2D eigenvalue weighted by Crippen LogP contribution is -2.35. The Hall–Kier alpha value is -1.75. The van der Waals surface area contributed by atoms with Crippen LogP contribution in [-0.4, -0.2) is 35.7 Å². The lowest BCUT2D eigenvalue weighted by molar-refractivity contribution is -0.113. The largest absolute Gasteiger partial charge is 0.493 e. The predicted molar refractivity (Wildman–Crippen MR) is 100 cm³/mol. The number of piperidine rings is 1. The molecule has 1 aromatic rings. The molecule has 0 saturated carbocycles. The van der Waals surface area contributed by atoms with Gasteiger partial charge >= 0.3 is 0 Å². The van der Waals surface area contributed by atoms with Crippen LogP contribution in [0.5, 0.6) is 5.75 Å². The van der Waals surface area contributed by atoms with Crippen molar-refractivity contribution in [2.45, 2.75) is 33.1 Å². The Morgan fingerprint density at radius 3 is 2.83 bits per heavy atom. The van der Waals surface area contributed by atoms with Crippen LogP contribution in [0.15, 0.2) is 34.2 Å². The Kier molecular flexibility index (Phi) is 5.61. The molecule has 0 N–H and O–H groups in total. The van der Waals surface area contributed by atoms with Crippen LogP contribution < -0.4 is 4.74 Å². The van der Waals surface area contributed by atoms with Crippen molar-refractivity contribution in [2.75, 3.05) is 19.7 Å². The van der Waals surface area contributed by atoms with Crippen LogP contribution in [0.1, 0.15) is 38.7 Å². The third-order valence-corrected chi connectivity index (χ3v) is 5.38. The summed E-state index contributed by atoms with van der Waals surface area (Å²) in [5.74, 6) is 1.45. The number of carbonyl (C=O) groups is 1. The molecule has 2 aliphatic rings. The Balaban J connectivity index is 1.73. The van der Waals surface area contributed by atoms with Crippen molar-refractivity contribution in [3.05, 3.63) is 34.7 Å². The van der Waals surface area contributed by atoms with E-state index in [0.29, 0.717) is 11.5 Å². The summed E-state index contributed by atoms with van der Waals surface area (Å²) >= 11 is 1.49. The number of amidine groups is 1. The van der Waals surface area contributed by atoms with E-state index in [9.17, 15) is 4.79 Å². The van der Waals surface area contributed by atoms with Gasteiger partial charge in [-0.2, -0.15) is 4.99 Å².